The van der Waals surface area contributed by atoms with Crippen LogP contribution in [0.3, 0.4) is 0 Å². The van der Waals surface area contributed by atoms with Crippen LogP contribution >= 0.6 is 0 Å². The Morgan fingerprint density at radius 3 is 3.04 bits per heavy atom. The van der Waals surface area contributed by atoms with Crippen LogP contribution in [0.25, 0.3) is 11.1 Å². The Morgan fingerprint density at radius 2 is 2.20 bits per heavy atom. The van der Waals surface area contributed by atoms with Gasteiger partial charge in [0.1, 0.15) is 5.69 Å². The van der Waals surface area contributed by atoms with Crippen LogP contribution in [-0.4, -0.2) is 32.5 Å². The molecule has 4 rings (SSSR count). The second-order valence-electron chi connectivity index (χ2n) is 6.01. The smallest absolute Gasteiger partial charge is 0.270 e. The highest BCUT2D eigenvalue weighted by molar-refractivity contribution is 5.98. The molecule has 0 spiro atoms. The summed E-state index contributed by atoms with van der Waals surface area (Å²) in [5.74, 6) is -0.201. The zero-order chi connectivity index (χ0) is 17.2. The van der Waals surface area contributed by atoms with Crippen LogP contribution in [-0.2, 0) is 31.4 Å². The fourth-order valence-corrected chi connectivity index (χ4v) is 3.18. The van der Waals surface area contributed by atoms with Crippen molar-refractivity contribution in [1.29, 1.82) is 0 Å². The zero-order valence-electron chi connectivity index (χ0n) is 14.0. The van der Waals surface area contributed by atoms with Crippen molar-refractivity contribution < 1.29 is 9.53 Å². The largest absolute Gasteiger partial charge is 0.376 e. The minimum atomic E-state index is -0.201. The van der Waals surface area contributed by atoms with Gasteiger partial charge in [-0.3, -0.25) is 14.6 Å². The van der Waals surface area contributed by atoms with Gasteiger partial charge in [0.25, 0.3) is 5.91 Å². The molecule has 3 aromatic rings. The molecular formula is C18H19N5O2. The van der Waals surface area contributed by atoms with Gasteiger partial charge < -0.3 is 10.1 Å². The Bertz CT molecular complexity index is 898. The molecule has 0 saturated heterocycles. The molecule has 1 aliphatic rings. The van der Waals surface area contributed by atoms with Gasteiger partial charge in [0.15, 0.2) is 0 Å². The van der Waals surface area contributed by atoms with Crippen LogP contribution in [0.4, 0.5) is 0 Å². The lowest BCUT2D eigenvalue weighted by atomic mass is 10.1. The lowest BCUT2D eigenvalue weighted by Gasteiger charge is -2.13. The van der Waals surface area contributed by atoms with Gasteiger partial charge >= 0.3 is 0 Å². The van der Waals surface area contributed by atoms with Crippen molar-refractivity contribution in [3.05, 3.63) is 59.2 Å². The number of ether oxygens (including phenoxy) is 1. The number of amides is 1. The number of benzene rings is 1. The van der Waals surface area contributed by atoms with Crippen LogP contribution in [0.2, 0.25) is 0 Å². The third-order valence-corrected chi connectivity index (χ3v) is 4.46. The van der Waals surface area contributed by atoms with Crippen molar-refractivity contribution in [1.82, 2.24) is 25.3 Å². The first-order valence-electron chi connectivity index (χ1n) is 8.22. The first-order valence-corrected chi connectivity index (χ1v) is 8.22. The minimum absolute atomic E-state index is 0.201. The second kappa shape index (κ2) is 6.52. The number of aryl methyl sites for hydroxylation is 1. The molecule has 0 bridgehead atoms. The van der Waals surface area contributed by atoms with Crippen molar-refractivity contribution in [3.8, 4) is 11.1 Å². The molecule has 7 heteroatoms. The fourth-order valence-electron chi connectivity index (χ4n) is 3.18. The molecule has 3 heterocycles. The summed E-state index contributed by atoms with van der Waals surface area (Å²) in [5.41, 5.74) is 5.30. The Balaban J connectivity index is 1.52. The summed E-state index contributed by atoms with van der Waals surface area (Å²) >= 11 is 0. The first kappa shape index (κ1) is 15.6. The number of aromatic amines is 1. The molecule has 0 unspecified atom stereocenters. The fraction of sp³-hybridized carbons (Fsp3) is 0.278. The summed E-state index contributed by atoms with van der Waals surface area (Å²) in [5, 5.41) is 14.3. The number of hydrogen-bond donors (Lipinski definition) is 2. The van der Waals surface area contributed by atoms with Crippen molar-refractivity contribution in [2.75, 3.05) is 6.61 Å². The predicted octanol–water partition coefficient (Wildman–Crippen LogP) is 1.81. The lowest BCUT2D eigenvalue weighted by Crippen LogP contribution is -2.25. The summed E-state index contributed by atoms with van der Waals surface area (Å²) in [7, 11) is 1.93. The summed E-state index contributed by atoms with van der Waals surface area (Å²) in [6, 6.07) is 9.71. The van der Waals surface area contributed by atoms with Crippen molar-refractivity contribution in [2.24, 2.45) is 7.05 Å². The molecule has 1 aliphatic heterocycles. The maximum absolute atomic E-state index is 12.6. The number of rotatable bonds is 4. The highest BCUT2D eigenvalue weighted by Gasteiger charge is 2.21. The number of nitrogens with zero attached hydrogens (tertiary/aromatic N) is 3. The molecule has 1 aromatic carbocycles. The third kappa shape index (κ3) is 2.94. The Kier molecular flexibility index (Phi) is 4.07. The van der Waals surface area contributed by atoms with E-state index in [1.807, 2.05) is 42.1 Å². The van der Waals surface area contributed by atoms with Gasteiger partial charge in [0.05, 0.1) is 31.6 Å². The molecule has 0 radical (unpaired) electrons. The summed E-state index contributed by atoms with van der Waals surface area (Å²) in [6.07, 6.45) is 2.52. The molecule has 2 N–H and O–H groups in total. The quantitative estimate of drug-likeness (QED) is 0.760. The maximum atomic E-state index is 12.6. The molecule has 128 valence electrons. The van der Waals surface area contributed by atoms with Crippen LogP contribution in [0.5, 0.6) is 0 Å². The van der Waals surface area contributed by atoms with Crippen molar-refractivity contribution >= 4 is 5.91 Å². The molecule has 7 nitrogen and oxygen atoms in total. The zero-order valence-corrected chi connectivity index (χ0v) is 14.0. The van der Waals surface area contributed by atoms with Gasteiger partial charge in [-0.1, -0.05) is 30.3 Å². The van der Waals surface area contributed by atoms with Gasteiger partial charge in [0.2, 0.25) is 0 Å². The standard InChI is InChI=1S/C18H19N5O2/c1-23-16-7-8-25-11-14(16)15(22-23)10-19-18(24)17-13(9-20-21-17)12-5-3-2-4-6-12/h2-6,9H,7-8,10-11H2,1H3,(H,19,24)(H,20,21). The van der Waals surface area contributed by atoms with E-state index in [0.29, 0.717) is 25.5 Å². The van der Waals surface area contributed by atoms with Crippen LogP contribution in [0.1, 0.15) is 27.4 Å². The maximum Gasteiger partial charge on any atom is 0.270 e. The van der Waals surface area contributed by atoms with E-state index in [9.17, 15) is 4.79 Å². The second-order valence-corrected chi connectivity index (χ2v) is 6.01. The van der Waals surface area contributed by atoms with Crippen LogP contribution in [0.15, 0.2) is 36.5 Å². The van der Waals surface area contributed by atoms with Gasteiger partial charge in [-0.2, -0.15) is 10.2 Å². The number of carbonyl (C=O) groups is 1. The summed E-state index contributed by atoms with van der Waals surface area (Å²) in [6.45, 7) is 1.62. The minimum Gasteiger partial charge on any atom is -0.376 e. The molecular weight excluding hydrogens is 318 g/mol. The van der Waals surface area contributed by atoms with Crippen LogP contribution < -0.4 is 5.32 Å². The summed E-state index contributed by atoms with van der Waals surface area (Å²) in [4.78, 5) is 12.6. The van der Waals surface area contributed by atoms with E-state index >= 15 is 0 Å². The van der Waals surface area contributed by atoms with Crippen LogP contribution in [0, 0.1) is 0 Å². The predicted molar refractivity (Wildman–Crippen MR) is 91.8 cm³/mol. The van der Waals surface area contributed by atoms with Gasteiger partial charge in [-0.15, -0.1) is 0 Å². The highest BCUT2D eigenvalue weighted by atomic mass is 16.5. The van der Waals surface area contributed by atoms with E-state index in [1.54, 1.807) is 6.20 Å². The normalized spacial score (nSPS) is 13.5. The lowest BCUT2D eigenvalue weighted by molar-refractivity contribution is 0.0943. The number of aromatic nitrogens is 4. The molecule has 0 fully saturated rings. The SMILES string of the molecule is Cn1nc(CNC(=O)c2[nH]ncc2-c2ccccc2)c2c1CCOC2. The molecule has 25 heavy (non-hydrogen) atoms. The molecule has 0 aliphatic carbocycles. The number of nitrogens with one attached hydrogen (secondary N) is 2. The number of carbonyl (C=O) groups excluding carboxylic acids is 1. The highest BCUT2D eigenvalue weighted by Crippen LogP contribution is 2.22. The van der Waals surface area contributed by atoms with E-state index in [2.05, 4.69) is 20.6 Å². The topological polar surface area (TPSA) is 84.8 Å². The number of fused-ring (bicyclic) bond motifs is 1. The average molecular weight is 337 g/mol. The van der Waals surface area contributed by atoms with E-state index < -0.39 is 0 Å². The molecule has 2 aromatic heterocycles. The average Bonchev–Trinajstić information content (AvgIpc) is 3.26. The summed E-state index contributed by atoms with van der Waals surface area (Å²) < 4.78 is 7.40. The van der Waals surface area contributed by atoms with Gasteiger partial charge in [0, 0.05) is 30.3 Å². The molecule has 1 amide bonds. The van der Waals surface area contributed by atoms with Crippen molar-refractivity contribution in [3.63, 3.8) is 0 Å². The van der Waals surface area contributed by atoms with E-state index in [1.165, 1.54) is 5.69 Å². The monoisotopic (exact) mass is 337 g/mol. The number of hydrogen-bond acceptors (Lipinski definition) is 4. The van der Waals surface area contributed by atoms with E-state index in [-0.39, 0.29) is 5.91 Å². The van der Waals surface area contributed by atoms with E-state index in [0.717, 1.165) is 28.8 Å². The van der Waals surface area contributed by atoms with Gasteiger partial charge in [-0.05, 0) is 5.56 Å². The Labute approximate surface area is 145 Å². The molecule has 0 atom stereocenters. The third-order valence-electron chi connectivity index (χ3n) is 4.46. The molecule has 0 saturated carbocycles. The van der Waals surface area contributed by atoms with E-state index in [4.69, 9.17) is 4.74 Å². The number of H-pyrrole nitrogens is 1. The Morgan fingerprint density at radius 1 is 1.36 bits per heavy atom. The first-order chi connectivity index (χ1) is 12.2. The Hall–Kier alpha value is -2.93. The van der Waals surface area contributed by atoms with Gasteiger partial charge in [-0.25, -0.2) is 0 Å². The van der Waals surface area contributed by atoms with Crippen molar-refractivity contribution in [2.45, 2.75) is 19.6 Å².